The molecule has 1 fully saturated rings. The van der Waals surface area contributed by atoms with E-state index in [0.717, 1.165) is 18.4 Å². The lowest BCUT2D eigenvalue weighted by atomic mass is 10.2. The highest BCUT2D eigenvalue weighted by atomic mass is 35.5. The molecular formula is C19H19ClN4O3S. The van der Waals surface area contributed by atoms with Crippen LogP contribution in [0.4, 0.5) is 0 Å². The zero-order valence-electron chi connectivity index (χ0n) is 15.0. The van der Waals surface area contributed by atoms with Crippen LogP contribution in [-0.2, 0) is 16.6 Å². The second-order valence-electron chi connectivity index (χ2n) is 6.65. The van der Waals surface area contributed by atoms with Crippen molar-refractivity contribution < 1.29 is 8.42 Å². The number of benzene rings is 2. The topological polar surface area (TPSA) is 86.0 Å². The fourth-order valence-corrected chi connectivity index (χ4v) is 4.34. The van der Waals surface area contributed by atoms with Crippen molar-refractivity contribution in [2.45, 2.75) is 30.3 Å². The summed E-state index contributed by atoms with van der Waals surface area (Å²) >= 11 is 5.87. The second-order valence-corrected chi connectivity index (χ2v) is 8.86. The van der Waals surface area contributed by atoms with E-state index in [1.54, 1.807) is 16.7 Å². The van der Waals surface area contributed by atoms with Crippen LogP contribution in [0.25, 0.3) is 11.4 Å². The molecule has 0 spiro atoms. The van der Waals surface area contributed by atoms with Crippen molar-refractivity contribution in [2.24, 2.45) is 0 Å². The van der Waals surface area contributed by atoms with Crippen molar-refractivity contribution in [3.05, 3.63) is 70.1 Å². The van der Waals surface area contributed by atoms with Gasteiger partial charge >= 0.3 is 5.69 Å². The number of hydrogen-bond acceptors (Lipinski definition) is 4. The van der Waals surface area contributed by atoms with Gasteiger partial charge in [0.2, 0.25) is 10.0 Å². The average Bonchev–Trinajstić information content (AvgIpc) is 3.47. The smallest absolute Gasteiger partial charge is 0.272 e. The van der Waals surface area contributed by atoms with Crippen LogP contribution >= 0.6 is 11.6 Å². The first kappa shape index (κ1) is 18.9. The summed E-state index contributed by atoms with van der Waals surface area (Å²) < 4.78 is 30.3. The Kier molecular flexibility index (Phi) is 5.09. The van der Waals surface area contributed by atoms with Gasteiger partial charge in [-0.15, -0.1) is 5.10 Å². The lowest BCUT2D eigenvalue weighted by molar-refractivity contribution is 0.547. The lowest BCUT2D eigenvalue weighted by Crippen LogP contribution is -2.32. The molecule has 1 aliphatic rings. The van der Waals surface area contributed by atoms with Crippen LogP contribution in [0.15, 0.2) is 64.3 Å². The Morgan fingerprint density at radius 3 is 2.54 bits per heavy atom. The van der Waals surface area contributed by atoms with Gasteiger partial charge in [0.1, 0.15) is 0 Å². The van der Waals surface area contributed by atoms with Crippen LogP contribution in [0.3, 0.4) is 0 Å². The summed E-state index contributed by atoms with van der Waals surface area (Å²) in [4.78, 5) is 12.9. The standard InChI is InChI=1S/C19H19ClN4O3S/c20-15-7-4-8-17(13-15)28(26,27)21-11-12-23-19(25)24(16-9-10-16)18(22-23)14-5-2-1-3-6-14/h1-8,13,16,21H,9-12H2. The zero-order chi connectivity index (χ0) is 19.7. The Morgan fingerprint density at radius 2 is 1.86 bits per heavy atom. The summed E-state index contributed by atoms with van der Waals surface area (Å²) in [5.41, 5.74) is 0.646. The van der Waals surface area contributed by atoms with Gasteiger partial charge < -0.3 is 0 Å². The molecule has 0 atom stereocenters. The van der Waals surface area contributed by atoms with E-state index in [0.29, 0.717) is 10.8 Å². The van der Waals surface area contributed by atoms with Gasteiger partial charge in [0.05, 0.1) is 11.4 Å². The summed E-state index contributed by atoms with van der Waals surface area (Å²) in [5.74, 6) is 0.616. The zero-order valence-corrected chi connectivity index (χ0v) is 16.5. The van der Waals surface area contributed by atoms with E-state index in [1.165, 1.54) is 16.8 Å². The Hall–Kier alpha value is -2.42. The van der Waals surface area contributed by atoms with E-state index in [9.17, 15) is 13.2 Å². The first-order valence-electron chi connectivity index (χ1n) is 8.96. The van der Waals surface area contributed by atoms with Crippen LogP contribution in [0.2, 0.25) is 5.02 Å². The number of nitrogens with one attached hydrogen (secondary N) is 1. The van der Waals surface area contributed by atoms with Gasteiger partial charge in [-0.2, -0.15) is 0 Å². The van der Waals surface area contributed by atoms with Crippen molar-refractivity contribution in [1.29, 1.82) is 0 Å². The first-order chi connectivity index (χ1) is 13.5. The normalized spacial score (nSPS) is 14.3. The van der Waals surface area contributed by atoms with Gasteiger partial charge in [-0.05, 0) is 31.0 Å². The molecule has 0 saturated heterocycles. The van der Waals surface area contributed by atoms with Crippen LogP contribution in [0, 0.1) is 0 Å². The highest BCUT2D eigenvalue weighted by molar-refractivity contribution is 7.89. The summed E-state index contributed by atoms with van der Waals surface area (Å²) in [6.45, 7) is 0.183. The van der Waals surface area contributed by atoms with Crippen molar-refractivity contribution in [2.75, 3.05) is 6.54 Å². The second kappa shape index (κ2) is 7.54. The first-order valence-corrected chi connectivity index (χ1v) is 10.8. The van der Waals surface area contributed by atoms with E-state index in [1.807, 2.05) is 30.3 Å². The predicted octanol–water partition coefficient (Wildman–Crippen LogP) is 2.68. The molecule has 0 radical (unpaired) electrons. The summed E-state index contributed by atoms with van der Waals surface area (Å²) in [7, 11) is -3.71. The maximum Gasteiger partial charge on any atom is 0.346 e. The average molecular weight is 419 g/mol. The van der Waals surface area contributed by atoms with Gasteiger partial charge in [-0.25, -0.2) is 22.6 Å². The molecule has 4 rings (SSSR count). The maximum absolute atomic E-state index is 12.8. The highest BCUT2D eigenvalue weighted by Gasteiger charge is 2.30. The van der Waals surface area contributed by atoms with Crippen LogP contribution in [0.1, 0.15) is 18.9 Å². The van der Waals surface area contributed by atoms with E-state index >= 15 is 0 Å². The molecule has 7 nitrogen and oxygen atoms in total. The van der Waals surface area contributed by atoms with Gasteiger partial charge in [-0.3, -0.25) is 4.57 Å². The van der Waals surface area contributed by atoms with Crippen molar-refractivity contribution in [3.63, 3.8) is 0 Å². The minimum atomic E-state index is -3.71. The Morgan fingerprint density at radius 1 is 1.11 bits per heavy atom. The third-order valence-corrected chi connectivity index (χ3v) is 6.23. The van der Waals surface area contributed by atoms with Crippen molar-refractivity contribution in [3.8, 4) is 11.4 Å². The number of sulfonamides is 1. The summed E-state index contributed by atoms with van der Waals surface area (Å²) in [6.07, 6.45) is 1.90. The quantitative estimate of drug-likeness (QED) is 0.639. The largest absolute Gasteiger partial charge is 0.346 e. The minimum absolute atomic E-state index is 0.0463. The van der Waals surface area contributed by atoms with Gasteiger partial charge in [0.15, 0.2) is 5.82 Å². The minimum Gasteiger partial charge on any atom is -0.272 e. The molecule has 3 aromatic rings. The number of halogens is 1. The Labute approximate surface area is 167 Å². The molecule has 28 heavy (non-hydrogen) atoms. The van der Waals surface area contributed by atoms with Crippen LogP contribution in [0.5, 0.6) is 0 Å². The number of rotatable bonds is 7. The summed E-state index contributed by atoms with van der Waals surface area (Å²) in [5, 5.41) is 4.80. The van der Waals surface area contributed by atoms with Crippen LogP contribution < -0.4 is 10.4 Å². The molecule has 1 N–H and O–H groups in total. The van der Waals surface area contributed by atoms with E-state index in [2.05, 4.69) is 9.82 Å². The molecule has 1 aliphatic carbocycles. The Bertz CT molecular complexity index is 1150. The SMILES string of the molecule is O=c1n(CCNS(=O)(=O)c2cccc(Cl)c2)nc(-c2ccccc2)n1C1CC1. The van der Waals surface area contributed by atoms with Crippen molar-refractivity contribution in [1.82, 2.24) is 19.1 Å². The van der Waals surface area contributed by atoms with E-state index in [4.69, 9.17) is 11.6 Å². The molecule has 2 aromatic carbocycles. The monoisotopic (exact) mass is 418 g/mol. The van der Waals surface area contributed by atoms with E-state index < -0.39 is 10.0 Å². The van der Waals surface area contributed by atoms with Gasteiger partial charge in [0, 0.05) is 23.2 Å². The third kappa shape index (κ3) is 3.89. The summed E-state index contributed by atoms with van der Waals surface area (Å²) in [6, 6.07) is 15.7. The molecule has 9 heteroatoms. The molecule has 0 aliphatic heterocycles. The predicted molar refractivity (Wildman–Crippen MR) is 107 cm³/mol. The molecule has 1 saturated carbocycles. The van der Waals surface area contributed by atoms with Gasteiger partial charge in [-0.1, -0.05) is 48.0 Å². The number of nitrogens with zero attached hydrogens (tertiary/aromatic N) is 3. The molecule has 1 aromatic heterocycles. The highest BCUT2D eigenvalue weighted by Crippen LogP contribution is 2.36. The fraction of sp³-hybridized carbons (Fsp3) is 0.263. The molecule has 1 heterocycles. The molecule has 146 valence electrons. The number of hydrogen-bond donors (Lipinski definition) is 1. The van der Waals surface area contributed by atoms with Gasteiger partial charge in [0.25, 0.3) is 0 Å². The molecule has 0 unspecified atom stereocenters. The molecule has 0 bridgehead atoms. The Balaban J connectivity index is 1.54. The van der Waals surface area contributed by atoms with E-state index in [-0.39, 0.29) is 29.7 Å². The number of aromatic nitrogens is 3. The van der Waals surface area contributed by atoms with Crippen molar-refractivity contribution >= 4 is 21.6 Å². The third-order valence-electron chi connectivity index (χ3n) is 4.54. The molecular weight excluding hydrogens is 400 g/mol. The maximum atomic E-state index is 12.8. The molecule has 0 amide bonds. The lowest BCUT2D eigenvalue weighted by Gasteiger charge is -2.06. The fourth-order valence-electron chi connectivity index (χ4n) is 3.02. The van der Waals surface area contributed by atoms with Crippen LogP contribution in [-0.4, -0.2) is 29.3 Å².